The second-order valence-corrected chi connectivity index (χ2v) is 8.68. The summed E-state index contributed by atoms with van der Waals surface area (Å²) >= 11 is 0. The Balaban J connectivity index is 2.15. The molecule has 0 amide bonds. The third-order valence-corrected chi connectivity index (χ3v) is 7.87. The lowest BCUT2D eigenvalue weighted by Gasteiger charge is -2.27. The van der Waals surface area contributed by atoms with Gasteiger partial charge in [-0.1, -0.05) is 0 Å². The van der Waals surface area contributed by atoms with Crippen LogP contribution in [-0.2, 0) is 10.0 Å². The van der Waals surface area contributed by atoms with Crippen molar-refractivity contribution in [3.63, 3.8) is 0 Å². The molecule has 2 heterocycles. The third-order valence-electron chi connectivity index (χ3n) is 5.68. The highest BCUT2D eigenvalue weighted by atomic mass is 32.2. The fraction of sp³-hybridized carbons (Fsp3) is 0.474. The lowest BCUT2D eigenvalue weighted by Crippen LogP contribution is -2.32. The summed E-state index contributed by atoms with van der Waals surface area (Å²) in [5.41, 5.74) is 6.08. The zero-order valence-corrected chi connectivity index (χ0v) is 15.9. The van der Waals surface area contributed by atoms with Crippen molar-refractivity contribution in [2.75, 3.05) is 6.54 Å². The van der Waals surface area contributed by atoms with Gasteiger partial charge >= 0.3 is 0 Å². The first-order valence-corrected chi connectivity index (χ1v) is 9.93. The van der Waals surface area contributed by atoms with Crippen molar-refractivity contribution in [2.45, 2.75) is 58.4 Å². The summed E-state index contributed by atoms with van der Waals surface area (Å²) in [5, 5.41) is 0. The SMILES string of the molecule is Cc1c(C)c(C)c(S(=O)(=O)N2CCCC2c2ccc[nH]2)c(C)c1C. The Morgan fingerprint density at radius 2 is 1.58 bits per heavy atom. The Hall–Kier alpha value is -1.59. The Kier molecular flexibility index (Phi) is 4.34. The number of H-pyrrole nitrogens is 1. The van der Waals surface area contributed by atoms with Gasteiger partial charge in [0.15, 0.2) is 0 Å². The number of aromatic nitrogens is 1. The third kappa shape index (κ3) is 2.50. The molecule has 0 radical (unpaired) electrons. The molecule has 1 fully saturated rings. The summed E-state index contributed by atoms with van der Waals surface area (Å²) in [6, 6.07) is 3.81. The number of hydrogen-bond acceptors (Lipinski definition) is 2. The molecule has 1 aliphatic rings. The van der Waals surface area contributed by atoms with Crippen LogP contribution in [0.5, 0.6) is 0 Å². The minimum Gasteiger partial charge on any atom is -0.364 e. The van der Waals surface area contributed by atoms with E-state index < -0.39 is 10.0 Å². The molecule has 0 aliphatic carbocycles. The first-order valence-electron chi connectivity index (χ1n) is 8.49. The summed E-state index contributed by atoms with van der Waals surface area (Å²) < 4.78 is 28.7. The van der Waals surface area contributed by atoms with E-state index in [1.54, 1.807) is 4.31 Å². The monoisotopic (exact) mass is 346 g/mol. The summed E-state index contributed by atoms with van der Waals surface area (Å²) in [6.45, 7) is 10.5. The number of nitrogens with zero attached hydrogens (tertiary/aromatic N) is 1. The predicted molar refractivity (Wildman–Crippen MR) is 96.8 cm³/mol. The van der Waals surface area contributed by atoms with Gasteiger partial charge in [-0.15, -0.1) is 0 Å². The predicted octanol–water partition coefficient (Wildman–Crippen LogP) is 4.08. The molecule has 2 aromatic rings. The van der Waals surface area contributed by atoms with Crippen LogP contribution in [0.2, 0.25) is 0 Å². The van der Waals surface area contributed by atoms with Crippen LogP contribution >= 0.6 is 0 Å². The topological polar surface area (TPSA) is 53.2 Å². The smallest absolute Gasteiger partial charge is 0.244 e. The number of rotatable bonds is 3. The van der Waals surface area contributed by atoms with Crippen LogP contribution in [0.4, 0.5) is 0 Å². The maximum Gasteiger partial charge on any atom is 0.244 e. The Labute approximate surface area is 144 Å². The molecule has 1 aliphatic heterocycles. The molecule has 1 atom stereocenters. The minimum atomic E-state index is -3.52. The normalized spacial score (nSPS) is 19.1. The van der Waals surface area contributed by atoms with E-state index in [0.29, 0.717) is 11.4 Å². The van der Waals surface area contributed by atoms with E-state index in [1.807, 2.05) is 46.0 Å². The fourth-order valence-electron chi connectivity index (χ4n) is 3.86. The largest absolute Gasteiger partial charge is 0.364 e. The van der Waals surface area contributed by atoms with Gasteiger partial charge in [0.1, 0.15) is 0 Å². The quantitative estimate of drug-likeness (QED) is 0.910. The van der Waals surface area contributed by atoms with Gasteiger partial charge in [0.05, 0.1) is 10.9 Å². The lowest BCUT2D eigenvalue weighted by molar-refractivity contribution is 0.391. The molecule has 0 spiro atoms. The molecule has 1 unspecified atom stereocenters. The van der Waals surface area contributed by atoms with Gasteiger partial charge in [-0.05, 0) is 87.4 Å². The number of benzene rings is 1. The van der Waals surface area contributed by atoms with Gasteiger partial charge < -0.3 is 4.98 Å². The fourth-order valence-corrected chi connectivity index (χ4v) is 6.10. The molecule has 5 heteroatoms. The second kappa shape index (κ2) is 6.05. The summed E-state index contributed by atoms with van der Waals surface area (Å²) in [4.78, 5) is 3.69. The molecular formula is C19H26N2O2S. The number of hydrogen-bond donors (Lipinski definition) is 1. The molecular weight excluding hydrogens is 320 g/mol. The molecule has 0 saturated carbocycles. The van der Waals surface area contributed by atoms with Crippen molar-refractivity contribution in [3.8, 4) is 0 Å². The van der Waals surface area contributed by atoms with Crippen molar-refractivity contribution in [2.24, 2.45) is 0 Å². The highest BCUT2D eigenvalue weighted by Gasteiger charge is 2.38. The van der Waals surface area contributed by atoms with Crippen LogP contribution < -0.4 is 0 Å². The average molecular weight is 346 g/mol. The number of nitrogens with one attached hydrogen (secondary N) is 1. The second-order valence-electron chi connectivity index (χ2n) is 6.85. The minimum absolute atomic E-state index is 0.0919. The van der Waals surface area contributed by atoms with Crippen molar-refractivity contribution < 1.29 is 8.42 Å². The van der Waals surface area contributed by atoms with Crippen LogP contribution in [-0.4, -0.2) is 24.3 Å². The van der Waals surface area contributed by atoms with Crippen LogP contribution in [0.3, 0.4) is 0 Å². The van der Waals surface area contributed by atoms with Crippen molar-refractivity contribution in [1.82, 2.24) is 9.29 Å². The Morgan fingerprint density at radius 1 is 1.00 bits per heavy atom. The van der Waals surface area contributed by atoms with Gasteiger partial charge in [-0.2, -0.15) is 4.31 Å². The lowest BCUT2D eigenvalue weighted by atomic mass is 9.95. The molecule has 0 bridgehead atoms. The maximum atomic E-state index is 13.5. The molecule has 1 saturated heterocycles. The zero-order valence-electron chi connectivity index (χ0n) is 15.1. The summed E-state index contributed by atoms with van der Waals surface area (Å²) in [6.07, 6.45) is 3.61. The molecule has 1 N–H and O–H groups in total. The molecule has 1 aromatic carbocycles. The van der Waals surface area contributed by atoms with Crippen LogP contribution in [0.15, 0.2) is 23.2 Å². The van der Waals surface area contributed by atoms with Gasteiger partial charge in [0.2, 0.25) is 10.0 Å². The van der Waals surface area contributed by atoms with Crippen molar-refractivity contribution >= 4 is 10.0 Å². The highest BCUT2D eigenvalue weighted by molar-refractivity contribution is 7.89. The molecule has 3 rings (SSSR count). The highest BCUT2D eigenvalue weighted by Crippen LogP contribution is 2.39. The van der Waals surface area contributed by atoms with Gasteiger partial charge in [0, 0.05) is 18.4 Å². The molecule has 1 aromatic heterocycles. The Bertz CT molecular complexity index is 838. The van der Waals surface area contributed by atoms with E-state index in [-0.39, 0.29) is 6.04 Å². The van der Waals surface area contributed by atoms with E-state index >= 15 is 0 Å². The molecule has 4 nitrogen and oxygen atoms in total. The summed E-state index contributed by atoms with van der Waals surface area (Å²) in [7, 11) is -3.52. The average Bonchev–Trinajstić information content (AvgIpc) is 3.21. The summed E-state index contributed by atoms with van der Waals surface area (Å²) in [5.74, 6) is 0. The first-order chi connectivity index (χ1) is 11.3. The van der Waals surface area contributed by atoms with Gasteiger partial charge in [-0.25, -0.2) is 8.42 Å². The van der Waals surface area contributed by atoms with Crippen LogP contribution in [0.25, 0.3) is 0 Å². The van der Waals surface area contributed by atoms with E-state index in [0.717, 1.165) is 40.8 Å². The Morgan fingerprint density at radius 3 is 2.12 bits per heavy atom. The van der Waals surface area contributed by atoms with Gasteiger partial charge in [-0.3, -0.25) is 0 Å². The zero-order chi connectivity index (χ0) is 17.6. The van der Waals surface area contributed by atoms with Crippen LogP contribution in [0, 0.1) is 34.6 Å². The van der Waals surface area contributed by atoms with Crippen molar-refractivity contribution in [3.05, 3.63) is 51.8 Å². The van der Waals surface area contributed by atoms with Crippen LogP contribution in [0.1, 0.15) is 52.4 Å². The first kappa shape index (κ1) is 17.2. The van der Waals surface area contributed by atoms with E-state index in [9.17, 15) is 8.42 Å². The maximum absolute atomic E-state index is 13.5. The van der Waals surface area contributed by atoms with E-state index in [1.165, 1.54) is 5.56 Å². The van der Waals surface area contributed by atoms with Crippen molar-refractivity contribution in [1.29, 1.82) is 0 Å². The van der Waals surface area contributed by atoms with E-state index in [4.69, 9.17) is 0 Å². The number of sulfonamides is 1. The molecule has 24 heavy (non-hydrogen) atoms. The standard InChI is InChI=1S/C19H26N2O2S/c1-12-13(2)15(4)19(16(5)14(12)3)24(22,23)21-11-7-9-18(21)17-8-6-10-20-17/h6,8,10,18,20H,7,9,11H2,1-5H3. The number of aromatic amines is 1. The van der Waals surface area contributed by atoms with E-state index in [2.05, 4.69) is 11.9 Å². The molecule has 130 valence electrons. The van der Waals surface area contributed by atoms with Gasteiger partial charge in [0.25, 0.3) is 0 Å².